The summed E-state index contributed by atoms with van der Waals surface area (Å²) in [4.78, 5) is 14.9. The molecule has 202 valence electrons. The van der Waals surface area contributed by atoms with E-state index in [1.807, 2.05) is 32.6 Å². The molecular formula is C27H31F2N5O3S. The lowest BCUT2D eigenvalue weighted by atomic mass is 10.0. The molecule has 0 saturated carbocycles. The maximum Gasteiger partial charge on any atom is 0.235 e. The van der Waals surface area contributed by atoms with Crippen LogP contribution in [0, 0.1) is 11.6 Å². The van der Waals surface area contributed by atoms with Gasteiger partial charge < -0.3 is 9.64 Å². The molecule has 4 heterocycles. The summed E-state index contributed by atoms with van der Waals surface area (Å²) in [6, 6.07) is 6.43. The monoisotopic (exact) mass is 543 g/mol. The molecule has 0 aliphatic carbocycles. The van der Waals surface area contributed by atoms with Crippen molar-refractivity contribution in [2.45, 2.75) is 58.6 Å². The summed E-state index contributed by atoms with van der Waals surface area (Å²) in [5, 5.41) is 0. The third kappa shape index (κ3) is 5.16. The first-order valence-electron chi connectivity index (χ1n) is 12.7. The lowest BCUT2D eigenvalue weighted by Gasteiger charge is -2.43. The zero-order chi connectivity index (χ0) is 27.2. The molecule has 0 radical (unpaired) electrons. The minimum atomic E-state index is -3.33. The first kappa shape index (κ1) is 26.3. The Labute approximate surface area is 221 Å². The fourth-order valence-corrected chi connectivity index (χ4v) is 6.52. The van der Waals surface area contributed by atoms with Gasteiger partial charge in [0.15, 0.2) is 17.4 Å². The Bertz CT molecular complexity index is 1460. The predicted molar refractivity (Wildman–Crippen MR) is 142 cm³/mol. The summed E-state index contributed by atoms with van der Waals surface area (Å²) < 4.78 is 62.2. The maximum absolute atomic E-state index is 15.2. The van der Waals surface area contributed by atoms with Crippen molar-refractivity contribution in [1.29, 1.82) is 0 Å². The predicted octanol–water partition coefficient (Wildman–Crippen LogP) is 4.72. The zero-order valence-corrected chi connectivity index (χ0v) is 22.7. The van der Waals surface area contributed by atoms with E-state index in [0.717, 1.165) is 12.6 Å². The molecule has 38 heavy (non-hydrogen) atoms. The van der Waals surface area contributed by atoms with Crippen LogP contribution in [-0.2, 0) is 16.4 Å². The van der Waals surface area contributed by atoms with E-state index in [1.165, 1.54) is 16.6 Å². The molecule has 0 N–H and O–H groups in total. The second kappa shape index (κ2) is 9.76. The van der Waals surface area contributed by atoms with Crippen molar-refractivity contribution in [3.63, 3.8) is 0 Å². The van der Waals surface area contributed by atoms with Gasteiger partial charge >= 0.3 is 0 Å². The topological polar surface area (TPSA) is 88.5 Å². The van der Waals surface area contributed by atoms with Crippen LogP contribution in [-0.4, -0.2) is 53.9 Å². The number of hydrogen-bond donors (Lipinski definition) is 0. The van der Waals surface area contributed by atoms with Gasteiger partial charge in [-0.2, -0.15) is 0 Å². The van der Waals surface area contributed by atoms with E-state index in [4.69, 9.17) is 4.74 Å². The number of rotatable bonds is 5. The van der Waals surface area contributed by atoms with Crippen LogP contribution in [0.5, 0.6) is 5.75 Å². The van der Waals surface area contributed by atoms with E-state index in [1.54, 1.807) is 18.2 Å². The minimum absolute atomic E-state index is 0.0127. The fraction of sp³-hybridized carbons (Fsp3) is 0.444. The standard InChI is InChI=1S/C27H31F2N5O3S/c1-17(2)33-16-27(3,4)37-26-21(28)11-18(12-23(26)33)25-22(29)15-31-24(32-25)13-19-7-8-20(14-30-19)34-9-5-6-10-38(34,35)36/h7-8,11-12,14-15,17H,5-6,9-10,13,16H2,1-4H3. The molecule has 5 rings (SSSR count). The van der Waals surface area contributed by atoms with E-state index in [0.29, 0.717) is 42.4 Å². The van der Waals surface area contributed by atoms with Gasteiger partial charge in [0.25, 0.3) is 0 Å². The highest BCUT2D eigenvalue weighted by atomic mass is 32.2. The third-order valence-electron chi connectivity index (χ3n) is 6.74. The van der Waals surface area contributed by atoms with Gasteiger partial charge in [-0.15, -0.1) is 0 Å². The van der Waals surface area contributed by atoms with E-state index in [9.17, 15) is 12.8 Å². The quantitative estimate of drug-likeness (QED) is 0.460. The molecule has 1 fully saturated rings. The summed E-state index contributed by atoms with van der Waals surface area (Å²) in [6.45, 7) is 8.82. The van der Waals surface area contributed by atoms with Crippen LogP contribution in [0.15, 0.2) is 36.7 Å². The smallest absolute Gasteiger partial charge is 0.235 e. The van der Waals surface area contributed by atoms with Crippen molar-refractivity contribution in [3.8, 4) is 17.0 Å². The number of sulfonamides is 1. The van der Waals surface area contributed by atoms with Crippen molar-refractivity contribution >= 4 is 21.4 Å². The number of anilines is 2. The summed E-state index contributed by atoms with van der Waals surface area (Å²) in [5.74, 6) is -0.666. The number of ether oxygens (including phenoxy) is 1. The molecule has 2 aromatic heterocycles. The Balaban J connectivity index is 1.43. The molecule has 0 spiro atoms. The first-order chi connectivity index (χ1) is 17.9. The molecule has 3 aromatic rings. The summed E-state index contributed by atoms with van der Waals surface area (Å²) >= 11 is 0. The van der Waals surface area contributed by atoms with Crippen molar-refractivity contribution in [2.75, 3.05) is 28.0 Å². The number of hydrogen-bond acceptors (Lipinski definition) is 7. The summed E-state index contributed by atoms with van der Waals surface area (Å²) in [7, 11) is -3.33. The number of aromatic nitrogens is 3. The van der Waals surface area contributed by atoms with Crippen molar-refractivity contribution in [3.05, 3.63) is 59.8 Å². The number of benzene rings is 1. The van der Waals surface area contributed by atoms with Gasteiger partial charge in [-0.05, 0) is 64.8 Å². The van der Waals surface area contributed by atoms with E-state index in [-0.39, 0.29) is 35.2 Å². The molecular weight excluding hydrogens is 512 g/mol. The average Bonchev–Trinajstić information content (AvgIpc) is 2.85. The van der Waals surface area contributed by atoms with E-state index in [2.05, 4.69) is 15.0 Å². The molecule has 11 heteroatoms. The average molecular weight is 544 g/mol. The molecule has 2 aliphatic heterocycles. The highest BCUT2D eigenvalue weighted by Gasteiger charge is 2.35. The van der Waals surface area contributed by atoms with Gasteiger partial charge in [-0.3, -0.25) is 9.29 Å². The Morgan fingerprint density at radius 2 is 1.87 bits per heavy atom. The second-order valence-corrected chi connectivity index (χ2v) is 12.7. The number of pyridine rings is 1. The third-order valence-corrected chi connectivity index (χ3v) is 8.61. The Kier molecular flexibility index (Phi) is 6.75. The zero-order valence-electron chi connectivity index (χ0n) is 21.9. The van der Waals surface area contributed by atoms with Crippen LogP contribution in [0.25, 0.3) is 11.3 Å². The van der Waals surface area contributed by atoms with Crippen LogP contribution in [0.1, 0.15) is 52.1 Å². The fourth-order valence-electron chi connectivity index (χ4n) is 4.90. The molecule has 1 aromatic carbocycles. The van der Waals surface area contributed by atoms with Gasteiger partial charge in [0.05, 0.1) is 42.5 Å². The Hall–Kier alpha value is -3.34. The summed E-state index contributed by atoms with van der Waals surface area (Å²) in [5.41, 5.74) is 1.36. The minimum Gasteiger partial charge on any atom is -0.481 e. The number of fused-ring (bicyclic) bond motifs is 1. The van der Waals surface area contributed by atoms with Crippen LogP contribution in [0.2, 0.25) is 0 Å². The SMILES string of the molecule is CC(C)N1CC(C)(C)Oc2c(F)cc(-c3nc(Cc4ccc(N5CCCCS5(=O)=O)cn4)ncc3F)cc21. The van der Waals surface area contributed by atoms with E-state index < -0.39 is 27.3 Å². The number of halogens is 2. The van der Waals surface area contributed by atoms with E-state index >= 15 is 4.39 Å². The second-order valence-electron chi connectivity index (χ2n) is 10.7. The van der Waals surface area contributed by atoms with Crippen molar-refractivity contribution < 1.29 is 21.9 Å². The molecule has 0 atom stereocenters. The van der Waals surface area contributed by atoms with Gasteiger partial charge in [0, 0.05) is 23.8 Å². The van der Waals surface area contributed by atoms with Gasteiger partial charge in [-0.1, -0.05) is 0 Å². The van der Waals surface area contributed by atoms with Crippen molar-refractivity contribution in [1.82, 2.24) is 15.0 Å². The lowest BCUT2D eigenvalue weighted by molar-refractivity contribution is 0.0967. The van der Waals surface area contributed by atoms with Gasteiger partial charge in [0.1, 0.15) is 17.1 Å². The van der Waals surface area contributed by atoms with Gasteiger partial charge in [-0.25, -0.2) is 27.2 Å². The maximum atomic E-state index is 15.2. The molecule has 1 saturated heterocycles. The van der Waals surface area contributed by atoms with Crippen LogP contribution < -0.4 is 13.9 Å². The highest BCUT2D eigenvalue weighted by Crippen LogP contribution is 2.42. The van der Waals surface area contributed by atoms with Crippen LogP contribution in [0.4, 0.5) is 20.2 Å². The van der Waals surface area contributed by atoms with Crippen LogP contribution in [0.3, 0.4) is 0 Å². The number of nitrogens with zero attached hydrogens (tertiary/aromatic N) is 5. The molecule has 0 bridgehead atoms. The summed E-state index contributed by atoms with van der Waals surface area (Å²) in [6.07, 6.45) is 4.24. The Morgan fingerprint density at radius 3 is 2.55 bits per heavy atom. The van der Waals surface area contributed by atoms with Crippen molar-refractivity contribution in [2.24, 2.45) is 0 Å². The first-order valence-corrected chi connectivity index (χ1v) is 14.3. The van der Waals surface area contributed by atoms with Gasteiger partial charge in [0.2, 0.25) is 10.0 Å². The van der Waals surface area contributed by atoms with Crippen LogP contribution >= 0.6 is 0 Å². The normalized spacial score (nSPS) is 18.3. The molecule has 0 amide bonds. The molecule has 0 unspecified atom stereocenters. The largest absolute Gasteiger partial charge is 0.481 e. The molecule has 2 aliphatic rings. The highest BCUT2D eigenvalue weighted by molar-refractivity contribution is 7.92. The Morgan fingerprint density at radius 1 is 1.08 bits per heavy atom. The lowest BCUT2D eigenvalue weighted by Crippen LogP contribution is -2.49. The molecule has 8 nitrogen and oxygen atoms in total.